The molecule has 1 aromatic heterocycles. The summed E-state index contributed by atoms with van der Waals surface area (Å²) in [5.74, 6) is 0. The third kappa shape index (κ3) is 3.49. The van der Waals surface area contributed by atoms with E-state index in [1.165, 1.54) is 0 Å². The topological polar surface area (TPSA) is 14.2 Å². The van der Waals surface area contributed by atoms with Gasteiger partial charge in [0.05, 0.1) is 6.61 Å². The second kappa shape index (κ2) is 5.32. The zero-order valence-electron chi connectivity index (χ0n) is 9.38. The summed E-state index contributed by atoms with van der Waals surface area (Å²) >= 11 is 3.37. The van der Waals surface area contributed by atoms with Crippen LogP contribution in [-0.2, 0) is 11.3 Å². The second-order valence-corrected chi connectivity index (χ2v) is 4.80. The van der Waals surface area contributed by atoms with Crippen LogP contribution in [0.5, 0.6) is 0 Å². The summed E-state index contributed by atoms with van der Waals surface area (Å²) in [6.45, 7) is -0.752. The molecule has 0 radical (unpaired) electrons. The molecule has 0 amide bonds. The highest BCUT2D eigenvalue weighted by atomic mass is 79.9. The maximum absolute atomic E-state index is 11.9. The van der Waals surface area contributed by atoms with Gasteiger partial charge in [0.1, 0.15) is 6.61 Å². The Balaban J connectivity index is 1.96. The predicted octanol–water partition coefficient (Wildman–Crippen LogP) is 3.98. The molecule has 1 aromatic carbocycles. The monoisotopic (exact) mass is 321 g/mol. The van der Waals surface area contributed by atoms with Crippen LogP contribution < -0.4 is 0 Å². The molecular weight excluding hydrogens is 311 g/mol. The van der Waals surface area contributed by atoms with E-state index in [0.29, 0.717) is 6.54 Å². The summed E-state index contributed by atoms with van der Waals surface area (Å²) in [6.07, 6.45) is -2.42. The van der Waals surface area contributed by atoms with Crippen molar-refractivity contribution < 1.29 is 17.9 Å². The summed E-state index contributed by atoms with van der Waals surface area (Å²) in [6, 6.07) is 7.70. The van der Waals surface area contributed by atoms with Gasteiger partial charge >= 0.3 is 6.18 Å². The van der Waals surface area contributed by atoms with Gasteiger partial charge < -0.3 is 9.30 Å². The fraction of sp³-hybridized carbons (Fsp3) is 0.333. The van der Waals surface area contributed by atoms with E-state index in [9.17, 15) is 13.2 Å². The minimum absolute atomic E-state index is 0.0410. The first-order chi connectivity index (χ1) is 8.46. The zero-order chi connectivity index (χ0) is 13.2. The Bertz CT molecular complexity index is 536. The zero-order valence-corrected chi connectivity index (χ0v) is 11.0. The number of hydrogen-bond acceptors (Lipinski definition) is 1. The fourth-order valence-electron chi connectivity index (χ4n) is 1.72. The highest BCUT2D eigenvalue weighted by molar-refractivity contribution is 9.10. The van der Waals surface area contributed by atoms with Crippen molar-refractivity contribution in [3.63, 3.8) is 0 Å². The quantitative estimate of drug-likeness (QED) is 0.777. The molecule has 0 spiro atoms. The highest BCUT2D eigenvalue weighted by Gasteiger charge is 2.27. The number of ether oxygens (including phenoxy) is 1. The van der Waals surface area contributed by atoms with Crippen LogP contribution in [-0.4, -0.2) is 24.0 Å². The van der Waals surface area contributed by atoms with Crippen LogP contribution in [0.15, 0.2) is 34.9 Å². The molecule has 0 aliphatic heterocycles. The number of halogens is 4. The van der Waals surface area contributed by atoms with E-state index in [0.717, 1.165) is 15.4 Å². The van der Waals surface area contributed by atoms with Gasteiger partial charge in [-0.15, -0.1) is 0 Å². The number of fused-ring (bicyclic) bond motifs is 1. The molecule has 98 valence electrons. The van der Waals surface area contributed by atoms with Crippen molar-refractivity contribution in [1.29, 1.82) is 0 Å². The van der Waals surface area contributed by atoms with Crippen molar-refractivity contribution in [2.24, 2.45) is 0 Å². The van der Waals surface area contributed by atoms with Gasteiger partial charge in [0.15, 0.2) is 0 Å². The lowest BCUT2D eigenvalue weighted by atomic mass is 10.2. The Morgan fingerprint density at radius 2 is 2.00 bits per heavy atom. The average Bonchev–Trinajstić information content (AvgIpc) is 2.65. The summed E-state index contributed by atoms with van der Waals surface area (Å²) in [5.41, 5.74) is 0.980. The lowest BCUT2D eigenvalue weighted by Crippen LogP contribution is -2.18. The number of rotatable bonds is 4. The molecular formula is C12H11BrF3NO. The van der Waals surface area contributed by atoms with Crippen molar-refractivity contribution in [2.75, 3.05) is 13.2 Å². The minimum atomic E-state index is -4.26. The van der Waals surface area contributed by atoms with Gasteiger partial charge in [0.25, 0.3) is 0 Å². The van der Waals surface area contributed by atoms with E-state index in [1.54, 1.807) is 0 Å². The third-order valence-corrected chi connectivity index (χ3v) is 2.97. The van der Waals surface area contributed by atoms with Gasteiger partial charge in [-0.2, -0.15) is 13.2 Å². The van der Waals surface area contributed by atoms with Crippen LogP contribution in [0.1, 0.15) is 0 Å². The van der Waals surface area contributed by atoms with Gasteiger partial charge in [-0.3, -0.25) is 0 Å². The molecule has 0 bridgehead atoms. The molecule has 2 nitrogen and oxygen atoms in total. The van der Waals surface area contributed by atoms with Crippen LogP contribution in [0.3, 0.4) is 0 Å². The number of aromatic nitrogens is 1. The van der Waals surface area contributed by atoms with E-state index in [4.69, 9.17) is 0 Å². The Morgan fingerprint density at radius 3 is 2.72 bits per heavy atom. The first-order valence-electron chi connectivity index (χ1n) is 5.34. The van der Waals surface area contributed by atoms with Crippen LogP contribution in [0.25, 0.3) is 10.9 Å². The number of nitrogens with zero attached hydrogens (tertiary/aromatic N) is 1. The lowest BCUT2D eigenvalue weighted by molar-refractivity contribution is -0.174. The van der Waals surface area contributed by atoms with Crippen LogP contribution in [0, 0.1) is 0 Å². The molecule has 0 unspecified atom stereocenters. The SMILES string of the molecule is FC(F)(F)COCCn1ccc2cc(Br)ccc21. The third-order valence-electron chi connectivity index (χ3n) is 2.48. The highest BCUT2D eigenvalue weighted by Crippen LogP contribution is 2.21. The molecule has 18 heavy (non-hydrogen) atoms. The molecule has 0 N–H and O–H groups in total. The average molecular weight is 322 g/mol. The maximum Gasteiger partial charge on any atom is 0.411 e. The molecule has 0 atom stereocenters. The molecule has 0 aliphatic carbocycles. The second-order valence-electron chi connectivity index (χ2n) is 3.88. The normalized spacial score (nSPS) is 12.2. The van der Waals surface area contributed by atoms with Gasteiger partial charge in [0, 0.05) is 28.1 Å². The molecule has 2 rings (SSSR count). The van der Waals surface area contributed by atoms with Crippen LogP contribution in [0.4, 0.5) is 13.2 Å². The Labute approximate surface area is 110 Å². The minimum Gasteiger partial charge on any atom is -0.370 e. The fourth-order valence-corrected chi connectivity index (χ4v) is 2.10. The predicted molar refractivity (Wildman–Crippen MR) is 66.5 cm³/mol. The summed E-state index contributed by atoms with van der Waals surface area (Å²) in [5, 5.41) is 1.04. The van der Waals surface area contributed by atoms with Gasteiger partial charge in [-0.1, -0.05) is 15.9 Å². The van der Waals surface area contributed by atoms with E-state index >= 15 is 0 Å². The lowest BCUT2D eigenvalue weighted by Gasteiger charge is -2.09. The first kappa shape index (κ1) is 13.4. The summed E-state index contributed by atoms with van der Waals surface area (Å²) < 4.78 is 43.1. The largest absolute Gasteiger partial charge is 0.411 e. The summed E-state index contributed by atoms with van der Waals surface area (Å²) in [4.78, 5) is 0. The van der Waals surface area contributed by atoms with Crippen molar-refractivity contribution >= 4 is 26.8 Å². The number of hydrogen-bond donors (Lipinski definition) is 0. The molecule has 0 aliphatic rings. The van der Waals surface area contributed by atoms with E-state index in [2.05, 4.69) is 20.7 Å². The number of benzene rings is 1. The van der Waals surface area contributed by atoms with Crippen molar-refractivity contribution in [3.05, 3.63) is 34.9 Å². The molecule has 0 fully saturated rings. The standard InChI is InChI=1S/C12H11BrF3NO/c13-10-1-2-11-9(7-10)3-4-17(11)5-6-18-8-12(14,15)16/h1-4,7H,5-6,8H2. The van der Waals surface area contributed by atoms with E-state index in [-0.39, 0.29) is 6.61 Å². The molecule has 1 heterocycles. The maximum atomic E-state index is 11.9. The Kier molecular flexibility index (Phi) is 3.97. The first-order valence-corrected chi connectivity index (χ1v) is 6.14. The van der Waals surface area contributed by atoms with Crippen molar-refractivity contribution in [3.8, 4) is 0 Å². The van der Waals surface area contributed by atoms with Gasteiger partial charge in [0.2, 0.25) is 0 Å². The van der Waals surface area contributed by atoms with Crippen LogP contribution in [0.2, 0.25) is 0 Å². The number of alkyl halides is 3. The van der Waals surface area contributed by atoms with Crippen LogP contribution >= 0.6 is 15.9 Å². The molecule has 6 heteroatoms. The smallest absolute Gasteiger partial charge is 0.370 e. The van der Waals surface area contributed by atoms with Gasteiger partial charge in [-0.05, 0) is 24.3 Å². The molecule has 2 aromatic rings. The van der Waals surface area contributed by atoms with Gasteiger partial charge in [-0.25, -0.2) is 0 Å². The molecule has 0 saturated heterocycles. The van der Waals surface area contributed by atoms with E-state index in [1.807, 2.05) is 35.0 Å². The van der Waals surface area contributed by atoms with Crippen molar-refractivity contribution in [2.45, 2.75) is 12.7 Å². The Hall–Kier alpha value is -1.01. The summed E-state index contributed by atoms with van der Waals surface area (Å²) in [7, 11) is 0. The molecule has 0 saturated carbocycles. The Morgan fingerprint density at radius 1 is 1.22 bits per heavy atom. The van der Waals surface area contributed by atoms with E-state index < -0.39 is 12.8 Å². The van der Waals surface area contributed by atoms with Crippen molar-refractivity contribution in [1.82, 2.24) is 4.57 Å².